The Balaban J connectivity index is 1.69. The quantitative estimate of drug-likeness (QED) is 0.463. The highest BCUT2D eigenvalue weighted by atomic mass is 79.9. The van der Waals surface area contributed by atoms with Crippen molar-refractivity contribution in [1.82, 2.24) is 9.97 Å². The van der Waals surface area contributed by atoms with Crippen LogP contribution in [0.15, 0.2) is 55.5 Å². The number of hydrogen-bond donors (Lipinski definition) is 2. The van der Waals surface area contributed by atoms with Gasteiger partial charge in [0.05, 0.1) is 5.52 Å². The van der Waals surface area contributed by atoms with Crippen molar-refractivity contribution in [2.24, 2.45) is 10.2 Å². The van der Waals surface area contributed by atoms with Crippen molar-refractivity contribution in [3.05, 3.63) is 52.3 Å². The van der Waals surface area contributed by atoms with Gasteiger partial charge in [-0.25, -0.2) is 4.98 Å². The number of nitrogens with one attached hydrogen (secondary N) is 1. The monoisotopic (exact) mass is 398 g/mol. The number of azo groups is 1. The van der Waals surface area contributed by atoms with Crippen molar-refractivity contribution >= 4 is 49.5 Å². The summed E-state index contributed by atoms with van der Waals surface area (Å²) in [6.45, 7) is 1.74. The Bertz CT molecular complexity index is 1160. The maximum Gasteiger partial charge on any atom is 0.295 e. The minimum absolute atomic E-state index is 0.146. The van der Waals surface area contributed by atoms with Crippen LogP contribution in [0.2, 0.25) is 0 Å². The van der Waals surface area contributed by atoms with Crippen molar-refractivity contribution in [1.29, 1.82) is 0 Å². The van der Waals surface area contributed by atoms with Crippen LogP contribution in [0.25, 0.3) is 22.0 Å². The molecule has 0 aliphatic carbocycles. The average Bonchev–Trinajstić information content (AvgIpc) is 3.10. The van der Waals surface area contributed by atoms with Gasteiger partial charge in [-0.3, -0.25) is 4.79 Å². The molecule has 4 rings (SSSR count). The molecule has 0 aliphatic rings. The molecule has 0 spiro atoms. The van der Waals surface area contributed by atoms with Crippen LogP contribution in [0.1, 0.15) is 16.2 Å². The summed E-state index contributed by atoms with van der Waals surface area (Å²) in [6.07, 6.45) is 0. The van der Waals surface area contributed by atoms with Crippen molar-refractivity contribution in [2.75, 3.05) is 0 Å². The molecule has 0 saturated carbocycles. The van der Waals surface area contributed by atoms with E-state index in [1.165, 1.54) is 0 Å². The molecule has 0 fully saturated rings. The van der Waals surface area contributed by atoms with Gasteiger partial charge < -0.3 is 14.5 Å². The fourth-order valence-electron chi connectivity index (χ4n) is 2.57. The van der Waals surface area contributed by atoms with E-state index in [2.05, 4.69) is 36.1 Å². The van der Waals surface area contributed by atoms with Crippen molar-refractivity contribution in [3.63, 3.8) is 0 Å². The van der Waals surface area contributed by atoms with Gasteiger partial charge in [0.2, 0.25) is 5.88 Å². The molecule has 8 heteroatoms. The van der Waals surface area contributed by atoms with Crippen LogP contribution in [0.3, 0.4) is 0 Å². The fourth-order valence-corrected chi connectivity index (χ4v) is 2.93. The maximum atomic E-state index is 12.3. The van der Waals surface area contributed by atoms with Crippen LogP contribution >= 0.6 is 15.9 Å². The third kappa shape index (κ3) is 2.80. The average molecular weight is 399 g/mol. The Morgan fingerprint density at radius 2 is 2.12 bits per heavy atom. The van der Waals surface area contributed by atoms with Gasteiger partial charge in [0, 0.05) is 22.3 Å². The van der Waals surface area contributed by atoms with E-state index in [1.54, 1.807) is 37.3 Å². The molecular formula is C17H11BrN4O3. The number of rotatable bonds is 2. The topological polar surface area (TPSA) is 104 Å². The Hall–Kier alpha value is -3.00. The number of amides is 1. The van der Waals surface area contributed by atoms with Gasteiger partial charge in [0.25, 0.3) is 5.91 Å². The number of carbonyl (C=O) groups is 1. The molecule has 7 nitrogen and oxygen atoms in total. The summed E-state index contributed by atoms with van der Waals surface area (Å²) in [5.41, 5.74) is 2.43. The molecule has 0 radical (unpaired) electrons. The standard InChI is InChI=1S/C17H11BrN4O3/c1-8-19-13-6-9(2-5-14(13)25-8)16(23)22-21-15-11-7-10(18)3-4-12(11)20-17(15)24/h2-7,20,24H,1H3. The number of aromatic amines is 1. The summed E-state index contributed by atoms with van der Waals surface area (Å²) in [5.74, 6) is -0.158. The fraction of sp³-hybridized carbons (Fsp3) is 0.0588. The first-order valence-corrected chi connectivity index (χ1v) is 8.14. The molecular weight excluding hydrogens is 388 g/mol. The Kier molecular flexibility index (Phi) is 3.61. The number of aryl methyl sites for hydroxylation is 1. The van der Waals surface area contributed by atoms with E-state index in [1.807, 2.05) is 6.07 Å². The van der Waals surface area contributed by atoms with Crippen LogP contribution < -0.4 is 0 Å². The minimum atomic E-state index is -0.536. The predicted octanol–water partition coefficient (Wildman–Crippen LogP) is 5.01. The zero-order valence-corrected chi connectivity index (χ0v) is 14.5. The van der Waals surface area contributed by atoms with Gasteiger partial charge >= 0.3 is 0 Å². The summed E-state index contributed by atoms with van der Waals surface area (Å²) in [6, 6.07) is 10.3. The van der Waals surface area contributed by atoms with Crippen LogP contribution in [0.5, 0.6) is 5.88 Å². The lowest BCUT2D eigenvalue weighted by Gasteiger charge is -1.95. The highest BCUT2D eigenvalue weighted by Gasteiger charge is 2.13. The number of fused-ring (bicyclic) bond motifs is 2. The second-order valence-electron chi connectivity index (χ2n) is 5.43. The molecule has 0 atom stereocenters. The number of H-pyrrole nitrogens is 1. The molecule has 2 heterocycles. The van der Waals surface area contributed by atoms with Crippen molar-refractivity contribution in [3.8, 4) is 5.88 Å². The van der Waals surface area contributed by atoms with Crippen molar-refractivity contribution in [2.45, 2.75) is 6.92 Å². The SMILES string of the molecule is Cc1nc2cc(C(=O)N=Nc3c(O)[nH]c4ccc(Br)cc34)ccc2o1. The van der Waals surface area contributed by atoms with Gasteiger partial charge in [0.15, 0.2) is 17.2 Å². The summed E-state index contributed by atoms with van der Waals surface area (Å²) in [7, 11) is 0. The van der Waals surface area contributed by atoms with E-state index in [0.29, 0.717) is 33.5 Å². The summed E-state index contributed by atoms with van der Waals surface area (Å²) in [4.78, 5) is 19.3. The molecule has 0 bridgehead atoms. The lowest BCUT2D eigenvalue weighted by Crippen LogP contribution is -1.93. The third-order valence-corrected chi connectivity index (χ3v) is 4.19. The van der Waals surface area contributed by atoms with Gasteiger partial charge in [-0.15, -0.1) is 10.2 Å². The van der Waals surface area contributed by atoms with E-state index in [4.69, 9.17) is 4.42 Å². The smallest absolute Gasteiger partial charge is 0.295 e. The lowest BCUT2D eigenvalue weighted by atomic mass is 10.2. The first kappa shape index (κ1) is 15.5. The van der Waals surface area contributed by atoms with E-state index in [9.17, 15) is 9.90 Å². The summed E-state index contributed by atoms with van der Waals surface area (Å²) < 4.78 is 6.21. The number of nitrogens with zero attached hydrogens (tertiary/aromatic N) is 3. The number of aromatic hydroxyl groups is 1. The molecule has 0 saturated heterocycles. The molecule has 2 aromatic carbocycles. The second-order valence-corrected chi connectivity index (χ2v) is 6.35. The lowest BCUT2D eigenvalue weighted by molar-refractivity contribution is 0.0995. The van der Waals surface area contributed by atoms with Gasteiger partial charge in [0.1, 0.15) is 5.52 Å². The molecule has 0 aliphatic heterocycles. The van der Waals surface area contributed by atoms with Gasteiger partial charge in [-0.1, -0.05) is 15.9 Å². The number of benzene rings is 2. The normalized spacial score (nSPS) is 11.8. The summed E-state index contributed by atoms with van der Waals surface area (Å²) >= 11 is 3.37. The first-order valence-electron chi connectivity index (χ1n) is 7.35. The van der Waals surface area contributed by atoms with E-state index >= 15 is 0 Å². The molecule has 2 N–H and O–H groups in total. The third-order valence-electron chi connectivity index (χ3n) is 3.70. The molecule has 25 heavy (non-hydrogen) atoms. The minimum Gasteiger partial charge on any atom is -0.493 e. The van der Waals surface area contributed by atoms with Crippen LogP contribution in [0, 0.1) is 6.92 Å². The summed E-state index contributed by atoms with van der Waals surface area (Å²) in [5, 5.41) is 18.3. The van der Waals surface area contributed by atoms with Gasteiger partial charge in [-0.05, 0) is 36.4 Å². The van der Waals surface area contributed by atoms with E-state index < -0.39 is 5.91 Å². The van der Waals surface area contributed by atoms with Crippen LogP contribution in [0.4, 0.5) is 5.69 Å². The molecule has 4 aromatic rings. The molecule has 1 amide bonds. The largest absolute Gasteiger partial charge is 0.493 e. The highest BCUT2D eigenvalue weighted by Crippen LogP contribution is 2.36. The first-order chi connectivity index (χ1) is 12.0. The van der Waals surface area contributed by atoms with E-state index in [0.717, 1.165) is 4.47 Å². The number of aromatic nitrogens is 2. The predicted molar refractivity (Wildman–Crippen MR) is 95.3 cm³/mol. The Morgan fingerprint density at radius 3 is 2.96 bits per heavy atom. The Labute approximate surface area is 149 Å². The zero-order valence-electron chi connectivity index (χ0n) is 12.9. The number of oxazole rings is 1. The second kappa shape index (κ2) is 5.82. The van der Waals surface area contributed by atoms with Crippen LogP contribution in [-0.4, -0.2) is 21.0 Å². The van der Waals surface area contributed by atoms with Crippen molar-refractivity contribution < 1.29 is 14.3 Å². The number of halogens is 1. The van der Waals surface area contributed by atoms with Crippen LogP contribution in [-0.2, 0) is 0 Å². The van der Waals surface area contributed by atoms with Gasteiger partial charge in [-0.2, -0.15) is 0 Å². The molecule has 0 unspecified atom stereocenters. The Morgan fingerprint density at radius 1 is 1.28 bits per heavy atom. The molecule has 2 aromatic heterocycles. The number of hydrogen-bond acceptors (Lipinski definition) is 5. The van der Waals surface area contributed by atoms with E-state index in [-0.39, 0.29) is 11.6 Å². The zero-order chi connectivity index (χ0) is 17.6. The number of carbonyl (C=O) groups excluding carboxylic acids is 1. The highest BCUT2D eigenvalue weighted by molar-refractivity contribution is 9.10. The molecule has 124 valence electrons. The maximum absolute atomic E-state index is 12.3.